The van der Waals surface area contributed by atoms with Gasteiger partial charge in [-0.15, -0.1) is 5.10 Å². The van der Waals surface area contributed by atoms with Crippen molar-refractivity contribution in [1.29, 1.82) is 0 Å². The average molecular weight is 363 g/mol. The molecule has 2 N–H and O–H groups in total. The van der Waals surface area contributed by atoms with Gasteiger partial charge in [-0.1, -0.05) is 6.07 Å². The molecule has 3 aromatic rings. The molecule has 1 aliphatic rings. The lowest BCUT2D eigenvalue weighted by Crippen LogP contribution is -2.06. The Morgan fingerprint density at radius 3 is 2.74 bits per heavy atom. The summed E-state index contributed by atoms with van der Waals surface area (Å²) in [6.45, 7) is 2.31. The van der Waals surface area contributed by atoms with Crippen molar-refractivity contribution in [2.75, 3.05) is 17.4 Å². The van der Waals surface area contributed by atoms with E-state index in [1.807, 2.05) is 30.3 Å². The first-order valence-corrected chi connectivity index (χ1v) is 8.37. The Hall–Kier alpha value is -3.68. The largest absolute Gasteiger partial charge is 0.454 e. The van der Waals surface area contributed by atoms with Gasteiger partial charge in [-0.2, -0.15) is 10.1 Å². The number of rotatable bonds is 6. The summed E-state index contributed by atoms with van der Waals surface area (Å²) in [7, 11) is 0. The Morgan fingerprint density at radius 1 is 1.11 bits per heavy atom. The van der Waals surface area contributed by atoms with Gasteiger partial charge in [0.05, 0.1) is 6.20 Å². The zero-order valence-electron chi connectivity index (χ0n) is 14.6. The quantitative estimate of drug-likeness (QED) is 0.645. The molecule has 1 aromatic heterocycles. The summed E-state index contributed by atoms with van der Waals surface area (Å²) < 4.78 is 10.7. The number of carbonyl (C=O) groups excluding carboxylic acids is 1. The van der Waals surface area contributed by atoms with Crippen LogP contribution in [0, 0.1) is 0 Å². The second-order valence-electron chi connectivity index (χ2n) is 5.96. The van der Waals surface area contributed by atoms with Crippen LogP contribution in [0.25, 0.3) is 0 Å². The molecular weight excluding hydrogens is 346 g/mol. The van der Waals surface area contributed by atoms with Crippen molar-refractivity contribution < 1.29 is 14.3 Å². The molecule has 8 heteroatoms. The van der Waals surface area contributed by atoms with Gasteiger partial charge in [0.1, 0.15) is 0 Å². The van der Waals surface area contributed by atoms with Crippen LogP contribution in [0.4, 0.5) is 17.5 Å². The summed E-state index contributed by atoms with van der Waals surface area (Å²) in [5.41, 5.74) is 2.48. The van der Waals surface area contributed by atoms with Crippen molar-refractivity contribution in [1.82, 2.24) is 15.2 Å². The molecule has 2 heterocycles. The molecule has 0 unspecified atom stereocenters. The van der Waals surface area contributed by atoms with E-state index < -0.39 is 0 Å². The van der Waals surface area contributed by atoms with E-state index in [0.29, 0.717) is 23.9 Å². The van der Waals surface area contributed by atoms with Crippen LogP contribution in [-0.2, 0) is 6.54 Å². The van der Waals surface area contributed by atoms with Crippen molar-refractivity contribution in [2.24, 2.45) is 0 Å². The molecule has 0 atom stereocenters. The number of hydrogen-bond donors (Lipinski definition) is 2. The van der Waals surface area contributed by atoms with Gasteiger partial charge in [0.2, 0.25) is 12.7 Å². The van der Waals surface area contributed by atoms with Crippen LogP contribution in [0.2, 0.25) is 0 Å². The third kappa shape index (κ3) is 3.95. The number of Topliss-reactive ketones (excluding diaryl/α,β-unsaturated/α-hetero) is 1. The van der Waals surface area contributed by atoms with Crippen molar-refractivity contribution in [3.63, 3.8) is 0 Å². The highest BCUT2D eigenvalue weighted by Crippen LogP contribution is 2.32. The van der Waals surface area contributed by atoms with Crippen LogP contribution in [0.1, 0.15) is 22.8 Å². The lowest BCUT2D eigenvalue weighted by atomic mass is 10.1. The van der Waals surface area contributed by atoms with Crippen molar-refractivity contribution in [2.45, 2.75) is 13.5 Å². The SMILES string of the molecule is CC(=O)c1ccc(Nc2cnnc(NCc3ccc4c(c3)OCO4)n2)cc1. The van der Waals surface area contributed by atoms with E-state index >= 15 is 0 Å². The van der Waals surface area contributed by atoms with Crippen LogP contribution in [0.5, 0.6) is 11.5 Å². The standard InChI is InChI=1S/C19H17N5O3/c1-12(25)14-3-5-15(6-4-14)22-18-10-21-24-19(23-18)20-9-13-2-7-16-17(8-13)27-11-26-16/h2-8,10H,9,11H2,1H3,(H2,20,22,23,24). The topological polar surface area (TPSA) is 98.3 Å². The molecular formula is C19H17N5O3. The number of hydrogen-bond acceptors (Lipinski definition) is 8. The zero-order chi connectivity index (χ0) is 18.6. The lowest BCUT2D eigenvalue weighted by molar-refractivity contribution is 0.101. The number of nitrogens with one attached hydrogen (secondary N) is 2. The fourth-order valence-corrected chi connectivity index (χ4v) is 2.61. The van der Waals surface area contributed by atoms with Gasteiger partial charge in [0.15, 0.2) is 23.1 Å². The van der Waals surface area contributed by atoms with Crippen LogP contribution >= 0.6 is 0 Å². The van der Waals surface area contributed by atoms with Gasteiger partial charge in [0.25, 0.3) is 0 Å². The maximum absolute atomic E-state index is 11.3. The molecule has 0 spiro atoms. The fourth-order valence-electron chi connectivity index (χ4n) is 2.61. The third-order valence-electron chi connectivity index (χ3n) is 4.01. The summed E-state index contributed by atoms with van der Waals surface area (Å²) in [5, 5.41) is 14.2. The van der Waals surface area contributed by atoms with Crippen LogP contribution in [0.15, 0.2) is 48.7 Å². The molecule has 0 saturated heterocycles. The Balaban J connectivity index is 1.40. The number of carbonyl (C=O) groups is 1. The Labute approximate surface area is 155 Å². The highest BCUT2D eigenvalue weighted by Gasteiger charge is 2.13. The molecule has 4 rings (SSSR count). The molecule has 1 aliphatic heterocycles. The van der Waals surface area contributed by atoms with Crippen LogP contribution in [-0.4, -0.2) is 27.8 Å². The van der Waals surface area contributed by atoms with Crippen molar-refractivity contribution in [3.8, 4) is 11.5 Å². The highest BCUT2D eigenvalue weighted by atomic mass is 16.7. The van der Waals surface area contributed by atoms with Crippen LogP contribution in [0.3, 0.4) is 0 Å². The summed E-state index contributed by atoms with van der Waals surface area (Å²) >= 11 is 0. The predicted molar refractivity (Wildman–Crippen MR) is 99.4 cm³/mol. The average Bonchev–Trinajstić information content (AvgIpc) is 3.15. The lowest BCUT2D eigenvalue weighted by Gasteiger charge is -2.08. The van der Waals surface area contributed by atoms with E-state index in [2.05, 4.69) is 25.8 Å². The van der Waals surface area contributed by atoms with Crippen molar-refractivity contribution in [3.05, 3.63) is 59.8 Å². The number of benzene rings is 2. The number of anilines is 3. The maximum atomic E-state index is 11.3. The first-order valence-electron chi connectivity index (χ1n) is 8.37. The Morgan fingerprint density at radius 2 is 1.93 bits per heavy atom. The smallest absolute Gasteiger partial charge is 0.244 e. The number of ketones is 1. The molecule has 136 valence electrons. The fraction of sp³-hybridized carbons (Fsp3) is 0.158. The number of nitrogens with zero attached hydrogens (tertiary/aromatic N) is 3. The molecule has 2 aromatic carbocycles. The summed E-state index contributed by atoms with van der Waals surface area (Å²) in [5.74, 6) is 2.46. The van der Waals surface area contributed by atoms with E-state index in [1.54, 1.807) is 12.1 Å². The van der Waals surface area contributed by atoms with Gasteiger partial charge in [-0.3, -0.25) is 4.79 Å². The van der Waals surface area contributed by atoms with E-state index in [1.165, 1.54) is 13.1 Å². The molecule has 27 heavy (non-hydrogen) atoms. The number of ether oxygens (including phenoxy) is 2. The monoisotopic (exact) mass is 363 g/mol. The highest BCUT2D eigenvalue weighted by molar-refractivity contribution is 5.94. The molecule has 0 bridgehead atoms. The minimum Gasteiger partial charge on any atom is -0.454 e. The van der Waals surface area contributed by atoms with E-state index in [4.69, 9.17) is 9.47 Å². The zero-order valence-corrected chi connectivity index (χ0v) is 14.6. The normalized spacial score (nSPS) is 11.9. The number of fused-ring (bicyclic) bond motifs is 1. The van der Waals surface area contributed by atoms with Gasteiger partial charge >= 0.3 is 0 Å². The third-order valence-corrected chi connectivity index (χ3v) is 4.01. The van der Waals surface area contributed by atoms with Gasteiger partial charge < -0.3 is 20.1 Å². The van der Waals surface area contributed by atoms with E-state index in [9.17, 15) is 4.79 Å². The summed E-state index contributed by atoms with van der Waals surface area (Å²) in [6.07, 6.45) is 1.53. The molecule has 8 nitrogen and oxygen atoms in total. The van der Waals surface area contributed by atoms with E-state index in [-0.39, 0.29) is 12.6 Å². The van der Waals surface area contributed by atoms with E-state index in [0.717, 1.165) is 22.7 Å². The second-order valence-corrected chi connectivity index (χ2v) is 5.96. The number of aromatic nitrogens is 3. The molecule has 0 saturated carbocycles. The first kappa shape index (κ1) is 16.8. The maximum Gasteiger partial charge on any atom is 0.244 e. The van der Waals surface area contributed by atoms with Gasteiger partial charge in [0, 0.05) is 17.8 Å². The Bertz CT molecular complexity index is 975. The molecule has 0 radical (unpaired) electrons. The predicted octanol–water partition coefficient (Wildman–Crippen LogP) is 3.16. The van der Waals surface area contributed by atoms with Gasteiger partial charge in [-0.25, -0.2) is 0 Å². The second kappa shape index (κ2) is 7.28. The summed E-state index contributed by atoms with van der Waals surface area (Å²) in [4.78, 5) is 15.7. The molecule has 0 fully saturated rings. The van der Waals surface area contributed by atoms with Crippen molar-refractivity contribution >= 4 is 23.2 Å². The molecule has 0 amide bonds. The van der Waals surface area contributed by atoms with Gasteiger partial charge in [-0.05, 0) is 48.9 Å². The first-order chi connectivity index (χ1) is 13.2. The Kier molecular flexibility index (Phi) is 4.52. The minimum atomic E-state index is 0.0280. The summed E-state index contributed by atoms with van der Waals surface area (Å²) in [6, 6.07) is 12.9. The van der Waals surface area contributed by atoms with Crippen LogP contribution < -0.4 is 20.1 Å². The molecule has 0 aliphatic carbocycles. The minimum absolute atomic E-state index is 0.0280.